The molecule has 4 aliphatic rings. The molecule has 2 N–H and O–H groups in total. The number of piperidine rings is 1. The third-order valence-electron chi connectivity index (χ3n) is 9.00. The van der Waals surface area contributed by atoms with Gasteiger partial charge in [-0.2, -0.15) is 0 Å². The first-order valence-electron chi connectivity index (χ1n) is 15.2. The predicted molar refractivity (Wildman–Crippen MR) is 167 cm³/mol. The van der Waals surface area contributed by atoms with E-state index in [4.69, 9.17) is 4.42 Å². The first kappa shape index (κ1) is 30.8. The SMILES string of the molecule is O=C1CCC(N2C(=O)c3cc(Br)c(CN4CCN(CCNC(=O)c5cc6c(o5)C(=O)c5ccccc5C6=O)CC4)cc3C2=O)C(=O)N1. The number of imide groups is 2. The van der Waals surface area contributed by atoms with E-state index in [1.165, 1.54) is 6.07 Å². The number of hydrogen-bond acceptors (Lipinski definition) is 10. The molecule has 0 radical (unpaired) electrons. The van der Waals surface area contributed by atoms with Gasteiger partial charge >= 0.3 is 0 Å². The Bertz CT molecular complexity index is 1860. The van der Waals surface area contributed by atoms with Crippen LogP contribution in [0.2, 0.25) is 0 Å². The third-order valence-corrected chi connectivity index (χ3v) is 9.74. The van der Waals surface area contributed by atoms with Gasteiger partial charge in [-0.1, -0.05) is 40.2 Å². The number of nitrogens with one attached hydrogen (secondary N) is 2. The number of hydrogen-bond donors (Lipinski definition) is 2. The molecule has 1 atom stereocenters. The van der Waals surface area contributed by atoms with Crippen LogP contribution in [0.1, 0.15) is 81.7 Å². The van der Waals surface area contributed by atoms with Gasteiger partial charge in [0.25, 0.3) is 17.7 Å². The number of fused-ring (bicyclic) bond motifs is 3. The number of halogens is 1. The first-order chi connectivity index (χ1) is 22.6. The van der Waals surface area contributed by atoms with Crippen molar-refractivity contribution in [1.29, 1.82) is 0 Å². The molecule has 4 heterocycles. The van der Waals surface area contributed by atoms with Crippen molar-refractivity contribution >= 4 is 57.0 Å². The van der Waals surface area contributed by atoms with E-state index in [9.17, 15) is 33.6 Å². The summed E-state index contributed by atoms with van der Waals surface area (Å²) in [5.41, 5.74) is 1.93. The Kier molecular flexibility index (Phi) is 7.94. The minimum atomic E-state index is -1.02. The van der Waals surface area contributed by atoms with Crippen molar-refractivity contribution in [3.05, 3.63) is 91.8 Å². The van der Waals surface area contributed by atoms with Gasteiger partial charge in [-0.05, 0) is 24.1 Å². The van der Waals surface area contributed by atoms with Gasteiger partial charge in [0, 0.05) is 73.9 Å². The molecular formula is C33H28BrN5O8. The van der Waals surface area contributed by atoms with Crippen LogP contribution in [0.25, 0.3) is 0 Å². The Morgan fingerprint density at radius 1 is 0.851 bits per heavy atom. The lowest BCUT2D eigenvalue weighted by Gasteiger charge is -2.34. The largest absolute Gasteiger partial charge is 0.447 e. The van der Waals surface area contributed by atoms with Crippen molar-refractivity contribution in [2.45, 2.75) is 25.4 Å². The molecule has 2 fully saturated rings. The zero-order valence-electron chi connectivity index (χ0n) is 25.0. The monoisotopic (exact) mass is 701 g/mol. The van der Waals surface area contributed by atoms with Crippen LogP contribution in [0, 0.1) is 0 Å². The smallest absolute Gasteiger partial charge is 0.287 e. The van der Waals surface area contributed by atoms with Crippen LogP contribution in [0.5, 0.6) is 0 Å². The Morgan fingerprint density at radius 2 is 1.51 bits per heavy atom. The molecule has 47 heavy (non-hydrogen) atoms. The normalized spacial score (nSPS) is 19.9. The third kappa shape index (κ3) is 5.51. The number of rotatable bonds is 7. The van der Waals surface area contributed by atoms with Gasteiger partial charge in [0.1, 0.15) is 6.04 Å². The second-order valence-electron chi connectivity index (χ2n) is 11.9. The van der Waals surface area contributed by atoms with Gasteiger partial charge in [-0.15, -0.1) is 0 Å². The van der Waals surface area contributed by atoms with Gasteiger partial charge in [0.2, 0.25) is 17.6 Å². The van der Waals surface area contributed by atoms with Crippen LogP contribution < -0.4 is 10.6 Å². The highest BCUT2D eigenvalue weighted by Crippen LogP contribution is 2.33. The van der Waals surface area contributed by atoms with Crippen molar-refractivity contribution in [1.82, 2.24) is 25.3 Å². The lowest BCUT2D eigenvalue weighted by molar-refractivity contribution is -0.136. The van der Waals surface area contributed by atoms with Crippen molar-refractivity contribution in [2.75, 3.05) is 39.3 Å². The summed E-state index contributed by atoms with van der Waals surface area (Å²) in [7, 11) is 0. The van der Waals surface area contributed by atoms with E-state index < -0.39 is 41.4 Å². The van der Waals surface area contributed by atoms with Crippen LogP contribution in [0.15, 0.2) is 51.4 Å². The molecular weight excluding hydrogens is 674 g/mol. The summed E-state index contributed by atoms with van der Waals surface area (Å²) in [5.74, 6) is -3.65. The fraction of sp³-hybridized carbons (Fsp3) is 0.303. The van der Waals surface area contributed by atoms with Crippen LogP contribution in [0.4, 0.5) is 0 Å². The van der Waals surface area contributed by atoms with Gasteiger partial charge < -0.3 is 9.73 Å². The van der Waals surface area contributed by atoms with E-state index in [-0.39, 0.29) is 52.4 Å². The van der Waals surface area contributed by atoms with E-state index in [2.05, 4.69) is 36.4 Å². The van der Waals surface area contributed by atoms with E-state index in [0.29, 0.717) is 29.7 Å². The Morgan fingerprint density at radius 3 is 2.21 bits per heavy atom. The maximum absolute atomic E-state index is 13.2. The molecule has 1 aliphatic carbocycles. The highest BCUT2D eigenvalue weighted by Gasteiger charge is 2.45. The highest BCUT2D eigenvalue weighted by molar-refractivity contribution is 9.10. The lowest BCUT2D eigenvalue weighted by Crippen LogP contribution is -2.54. The van der Waals surface area contributed by atoms with Gasteiger partial charge in [0.15, 0.2) is 17.3 Å². The summed E-state index contributed by atoms with van der Waals surface area (Å²) in [6, 6.07) is 10.1. The molecule has 14 heteroatoms. The summed E-state index contributed by atoms with van der Waals surface area (Å²) >= 11 is 3.54. The lowest BCUT2D eigenvalue weighted by atomic mass is 9.89. The summed E-state index contributed by atoms with van der Waals surface area (Å²) in [5, 5.41) is 5.01. The molecule has 240 valence electrons. The van der Waals surface area contributed by atoms with E-state index in [1.54, 1.807) is 36.4 Å². The van der Waals surface area contributed by atoms with Gasteiger partial charge in [-0.25, -0.2) is 0 Å². The van der Waals surface area contributed by atoms with Crippen LogP contribution >= 0.6 is 15.9 Å². The Labute approximate surface area is 276 Å². The number of benzene rings is 2. The highest BCUT2D eigenvalue weighted by atomic mass is 79.9. The molecule has 2 saturated heterocycles. The molecule has 1 unspecified atom stereocenters. The molecule has 0 saturated carbocycles. The second-order valence-corrected chi connectivity index (χ2v) is 12.7. The zero-order chi connectivity index (χ0) is 33.0. The maximum atomic E-state index is 13.2. The molecule has 13 nitrogen and oxygen atoms in total. The molecule has 0 bridgehead atoms. The number of carbonyl (C=O) groups excluding carboxylic acids is 7. The van der Waals surface area contributed by atoms with Crippen molar-refractivity contribution in [3.63, 3.8) is 0 Å². The minimum Gasteiger partial charge on any atom is -0.447 e. The average Bonchev–Trinajstić information content (AvgIpc) is 3.61. The number of piperazine rings is 1. The number of nitrogens with zero attached hydrogens (tertiary/aromatic N) is 3. The fourth-order valence-corrected chi connectivity index (χ4v) is 6.94. The summed E-state index contributed by atoms with van der Waals surface area (Å²) < 4.78 is 6.22. The van der Waals surface area contributed by atoms with Crippen LogP contribution in [-0.4, -0.2) is 101 Å². The quantitative estimate of drug-likeness (QED) is 0.271. The van der Waals surface area contributed by atoms with Crippen molar-refractivity contribution < 1.29 is 38.0 Å². The Balaban J connectivity index is 0.913. The molecule has 7 rings (SSSR count). The maximum Gasteiger partial charge on any atom is 0.287 e. The number of carbonyl (C=O) groups is 7. The summed E-state index contributed by atoms with van der Waals surface area (Å²) in [6.07, 6.45) is 0.156. The first-order valence-corrected chi connectivity index (χ1v) is 16.0. The molecule has 0 spiro atoms. The van der Waals surface area contributed by atoms with E-state index in [1.807, 2.05) is 0 Å². The standard InChI is InChI=1S/C33H28BrN5O8/c34-23-14-21-20(32(45)39(33(21)46)24-5-6-26(40)36-30(24)43)13-17(23)16-38-11-9-37(10-12-38)8-7-35-31(44)25-15-22-27(41)18-3-1-2-4-19(18)28(42)29(22)47-25/h1-4,13-15,24H,5-12,16H2,(H,35,44)(H,36,40,43). The molecule has 3 aliphatic heterocycles. The topological polar surface area (TPSA) is 166 Å². The second kappa shape index (κ2) is 12.1. The van der Waals surface area contributed by atoms with E-state index in [0.717, 1.165) is 36.6 Å². The molecule has 3 aromatic rings. The van der Waals surface area contributed by atoms with Crippen molar-refractivity contribution in [3.8, 4) is 0 Å². The fourth-order valence-electron chi connectivity index (χ4n) is 6.47. The summed E-state index contributed by atoms with van der Waals surface area (Å²) in [4.78, 5) is 94.1. The zero-order valence-corrected chi connectivity index (χ0v) is 26.6. The van der Waals surface area contributed by atoms with Crippen LogP contribution in [-0.2, 0) is 16.1 Å². The minimum absolute atomic E-state index is 0.0583. The van der Waals surface area contributed by atoms with Crippen molar-refractivity contribution in [2.24, 2.45) is 0 Å². The summed E-state index contributed by atoms with van der Waals surface area (Å²) in [6.45, 7) is 4.36. The Hall–Kier alpha value is -4.79. The van der Waals surface area contributed by atoms with E-state index >= 15 is 0 Å². The average molecular weight is 703 g/mol. The molecule has 1 aromatic heterocycles. The van der Waals surface area contributed by atoms with Gasteiger partial charge in [0.05, 0.1) is 16.7 Å². The van der Waals surface area contributed by atoms with Crippen LogP contribution in [0.3, 0.4) is 0 Å². The predicted octanol–water partition coefficient (Wildman–Crippen LogP) is 1.77. The number of amides is 5. The number of ketones is 2. The molecule has 5 amide bonds. The van der Waals surface area contributed by atoms with Gasteiger partial charge in [-0.3, -0.25) is 53.6 Å². The number of furan rings is 1. The molecule has 2 aromatic carbocycles.